The molecule has 0 saturated carbocycles. The molecule has 1 aromatic carbocycles. The number of hydrogen-bond donors (Lipinski definition) is 0. The number of aryl methyl sites for hydroxylation is 2. The van der Waals surface area contributed by atoms with Crippen molar-refractivity contribution in [1.29, 1.82) is 0 Å². The highest BCUT2D eigenvalue weighted by Gasteiger charge is 2.75. The molecule has 2 aromatic rings. The summed E-state index contributed by atoms with van der Waals surface area (Å²) in [5, 5.41) is 0. The average Bonchev–Trinajstić information content (AvgIpc) is 3.64. The summed E-state index contributed by atoms with van der Waals surface area (Å²) < 4.78 is 35.1. The SMILES string of the molecule is C#Cc1ncc(C(CC(=O)OCC)[N+]23C(=O)C(CC(C)C)N4C=C(CCN5CC(F)C5)C=C(F)C4=C2C3C)cc1-c1c(C)cccc1C. The summed E-state index contributed by atoms with van der Waals surface area (Å²) in [6.45, 7) is 13.4. The predicted molar refractivity (Wildman–Crippen MR) is 181 cm³/mol. The molecule has 0 aliphatic carbocycles. The second-order valence-electron chi connectivity index (χ2n) is 14.0. The van der Waals surface area contributed by atoms with Crippen molar-refractivity contribution in [2.45, 2.75) is 85.1 Å². The molecule has 4 aliphatic rings. The Bertz CT molecular complexity index is 1760. The number of carbonyl (C=O) groups excluding carboxylic acids is 2. The van der Waals surface area contributed by atoms with E-state index in [-0.39, 0.29) is 35.4 Å². The number of ether oxygens (including phenoxy) is 1. The second kappa shape index (κ2) is 13.1. The molecule has 0 spiro atoms. The lowest BCUT2D eigenvalue weighted by atomic mass is 9.91. The summed E-state index contributed by atoms with van der Waals surface area (Å²) in [6, 6.07) is 6.25. The molecule has 4 unspecified atom stereocenters. The van der Waals surface area contributed by atoms with Crippen LogP contribution < -0.4 is 0 Å². The van der Waals surface area contributed by atoms with Gasteiger partial charge in [0.05, 0.1) is 6.61 Å². The predicted octanol–water partition coefficient (Wildman–Crippen LogP) is 6.82. The largest absolute Gasteiger partial charge is 0.466 e. The average molecular weight is 656 g/mol. The van der Waals surface area contributed by atoms with Gasteiger partial charge in [-0.15, -0.1) is 6.42 Å². The Hall–Kier alpha value is -4.13. The van der Waals surface area contributed by atoms with Crippen molar-refractivity contribution < 1.29 is 27.6 Å². The Morgan fingerprint density at radius 1 is 1.23 bits per heavy atom. The number of quaternary nitrogens is 1. The normalized spacial score (nSPS) is 24.3. The molecule has 0 N–H and O–H groups in total. The lowest BCUT2D eigenvalue weighted by molar-refractivity contribution is -0.754. The van der Waals surface area contributed by atoms with Crippen LogP contribution in [0.25, 0.3) is 11.1 Å². The zero-order valence-corrected chi connectivity index (χ0v) is 28.7. The van der Waals surface area contributed by atoms with Gasteiger partial charge < -0.3 is 9.64 Å². The van der Waals surface area contributed by atoms with Crippen molar-refractivity contribution in [3.8, 4) is 23.5 Å². The quantitative estimate of drug-likeness (QED) is 0.115. The number of likely N-dealkylation sites (tertiary alicyclic amines) is 1. The minimum atomic E-state index is -0.802. The van der Waals surface area contributed by atoms with E-state index < -0.39 is 30.1 Å². The summed E-state index contributed by atoms with van der Waals surface area (Å²) in [5.41, 5.74) is 6.73. The van der Waals surface area contributed by atoms with Crippen LogP contribution in [0.15, 0.2) is 65.5 Å². The van der Waals surface area contributed by atoms with E-state index in [1.54, 1.807) is 19.2 Å². The number of rotatable bonds is 11. The van der Waals surface area contributed by atoms with Crippen LogP contribution in [-0.4, -0.2) is 75.6 Å². The fourth-order valence-corrected chi connectivity index (χ4v) is 8.07. The first-order chi connectivity index (χ1) is 22.9. The zero-order valence-electron chi connectivity index (χ0n) is 28.7. The van der Waals surface area contributed by atoms with Crippen LogP contribution >= 0.6 is 0 Å². The summed E-state index contributed by atoms with van der Waals surface area (Å²) in [4.78, 5) is 36.9. The molecule has 5 heterocycles. The second-order valence-corrected chi connectivity index (χ2v) is 14.0. The Labute approximate surface area is 282 Å². The number of fused-ring (bicyclic) bond motifs is 2. The van der Waals surface area contributed by atoms with E-state index in [1.165, 1.54) is 0 Å². The molecule has 4 aliphatic heterocycles. The third-order valence-electron chi connectivity index (χ3n) is 10.3. The maximum Gasteiger partial charge on any atom is 0.342 e. The number of carbonyl (C=O) groups is 2. The van der Waals surface area contributed by atoms with Crippen molar-refractivity contribution in [3.63, 3.8) is 0 Å². The zero-order chi connectivity index (χ0) is 34.5. The Morgan fingerprint density at radius 2 is 1.94 bits per heavy atom. The summed E-state index contributed by atoms with van der Waals surface area (Å²) in [6.07, 6.45) is 11.2. The first-order valence-electron chi connectivity index (χ1n) is 17.0. The maximum atomic E-state index is 16.4. The molecule has 2 fully saturated rings. The number of pyridine rings is 1. The van der Waals surface area contributed by atoms with Crippen LogP contribution in [0.5, 0.6) is 0 Å². The fraction of sp³-hybridized carbons (Fsp3) is 0.462. The lowest BCUT2D eigenvalue weighted by Crippen LogP contribution is -2.54. The summed E-state index contributed by atoms with van der Waals surface area (Å²) in [5.74, 6) is 1.95. The lowest BCUT2D eigenvalue weighted by Gasteiger charge is -2.40. The Morgan fingerprint density at radius 3 is 2.56 bits per heavy atom. The summed E-state index contributed by atoms with van der Waals surface area (Å²) >= 11 is 0. The van der Waals surface area contributed by atoms with Gasteiger partial charge in [-0.25, -0.2) is 23.0 Å². The van der Waals surface area contributed by atoms with Crippen molar-refractivity contribution in [1.82, 2.24) is 14.8 Å². The van der Waals surface area contributed by atoms with E-state index in [1.807, 2.05) is 61.0 Å². The van der Waals surface area contributed by atoms with Gasteiger partial charge in [0, 0.05) is 43.2 Å². The minimum absolute atomic E-state index is 0.0767. The van der Waals surface area contributed by atoms with Crippen LogP contribution in [-0.2, 0) is 14.3 Å². The van der Waals surface area contributed by atoms with E-state index in [4.69, 9.17) is 16.1 Å². The molecule has 0 radical (unpaired) electrons. The topological polar surface area (TPSA) is 62.7 Å². The van der Waals surface area contributed by atoms with Crippen LogP contribution in [0.3, 0.4) is 0 Å². The number of allylic oxidation sites excluding steroid dienone is 2. The molecule has 6 rings (SSSR count). The van der Waals surface area contributed by atoms with Gasteiger partial charge in [0.2, 0.25) is 5.70 Å². The van der Waals surface area contributed by atoms with Crippen LogP contribution in [0.1, 0.15) is 75.4 Å². The van der Waals surface area contributed by atoms with Gasteiger partial charge >= 0.3 is 11.9 Å². The van der Waals surface area contributed by atoms with Crippen LogP contribution in [0.2, 0.25) is 0 Å². The number of alkyl halides is 1. The molecule has 0 bridgehead atoms. The number of terminal acetylenes is 1. The standard InChI is InChI=1S/C39H45F2N4O3/c1-8-32-30(36-24(5)11-10-12-25(36)6)17-28(19-42-32)34(18-35(46)48-9-2)45-26(7)38(45)37-31(41)16-27(13-14-43-21-29(40)22-43)20-44(37)33(39(45)47)15-23(3)4/h1,10-12,16-17,19-20,23,26,29,33-34H,9,13-15,18,21-22H2,2-7H3/q+1. The highest BCUT2D eigenvalue weighted by molar-refractivity contribution is 5.84. The van der Waals surface area contributed by atoms with Gasteiger partial charge in [0.1, 0.15) is 36.1 Å². The smallest absolute Gasteiger partial charge is 0.342 e. The fourth-order valence-electron chi connectivity index (χ4n) is 8.07. The maximum absolute atomic E-state index is 16.4. The van der Waals surface area contributed by atoms with Gasteiger partial charge in [0.15, 0.2) is 11.9 Å². The van der Waals surface area contributed by atoms with Crippen molar-refractivity contribution in [2.24, 2.45) is 5.92 Å². The van der Waals surface area contributed by atoms with Gasteiger partial charge in [-0.3, -0.25) is 9.69 Å². The van der Waals surface area contributed by atoms with Gasteiger partial charge in [0.25, 0.3) is 0 Å². The molecule has 48 heavy (non-hydrogen) atoms. The van der Waals surface area contributed by atoms with E-state index in [0.29, 0.717) is 55.1 Å². The van der Waals surface area contributed by atoms with Crippen molar-refractivity contribution in [3.05, 3.63) is 87.9 Å². The minimum Gasteiger partial charge on any atom is -0.466 e. The van der Waals surface area contributed by atoms with Crippen molar-refractivity contribution >= 4 is 11.9 Å². The van der Waals surface area contributed by atoms with Crippen molar-refractivity contribution in [2.75, 3.05) is 26.2 Å². The number of amides is 1. The first kappa shape index (κ1) is 33.8. The molecule has 7 nitrogen and oxygen atoms in total. The summed E-state index contributed by atoms with van der Waals surface area (Å²) in [7, 11) is 0. The number of benzene rings is 1. The number of nitrogens with zero attached hydrogens (tertiary/aromatic N) is 4. The van der Waals surface area contributed by atoms with Gasteiger partial charge in [-0.05, 0) is 86.8 Å². The van der Waals surface area contributed by atoms with Crippen LogP contribution in [0.4, 0.5) is 8.78 Å². The van der Waals surface area contributed by atoms with E-state index in [2.05, 4.69) is 19.8 Å². The van der Waals surface area contributed by atoms with Crippen LogP contribution in [0, 0.1) is 32.1 Å². The molecular formula is C39H45F2N4O3+. The molecule has 9 heteroatoms. The van der Waals surface area contributed by atoms with E-state index in [0.717, 1.165) is 27.8 Å². The molecule has 1 aromatic heterocycles. The Kier molecular flexibility index (Phi) is 9.18. The molecule has 2 saturated heterocycles. The third-order valence-corrected chi connectivity index (χ3v) is 10.3. The third kappa shape index (κ3) is 5.69. The Balaban J connectivity index is 1.49. The van der Waals surface area contributed by atoms with E-state index in [9.17, 15) is 9.18 Å². The molecule has 4 atom stereocenters. The number of halogens is 2. The molecule has 252 valence electrons. The highest BCUT2D eigenvalue weighted by Crippen LogP contribution is 2.61. The molecular weight excluding hydrogens is 610 g/mol. The number of aromatic nitrogens is 1. The highest BCUT2D eigenvalue weighted by atomic mass is 19.1. The monoisotopic (exact) mass is 655 g/mol. The van der Waals surface area contributed by atoms with E-state index >= 15 is 9.18 Å². The first-order valence-corrected chi connectivity index (χ1v) is 17.0. The van der Waals surface area contributed by atoms with Gasteiger partial charge in [-0.2, -0.15) is 0 Å². The number of hydrogen-bond acceptors (Lipinski definition) is 6. The van der Waals surface area contributed by atoms with Gasteiger partial charge in [-0.1, -0.05) is 32.0 Å². The molecule has 1 amide bonds. The number of esters is 1.